The number of hydrogen-bond donors (Lipinski definition) is 3. The number of nitrogen functional groups attached to an aromatic ring is 2. The van der Waals surface area contributed by atoms with Gasteiger partial charge in [-0.1, -0.05) is 24.3 Å². The Morgan fingerprint density at radius 3 is 2.26 bits per heavy atom. The van der Waals surface area contributed by atoms with Crippen molar-refractivity contribution in [1.82, 2.24) is 4.98 Å². The molecule has 0 atom stereocenters. The molecule has 0 bridgehead atoms. The number of fused-ring (bicyclic) bond motifs is 1. The van der Waals surface area contributed by atoms with E-state index in [-0.39, 0.29) is 5.91 Å². The number of amides is 1. The lowest BCUT2D eigenvalue weighted by molar-refractivity contribution is -0.114. The Kier molecular flexibility index (Phi) is 4.25. The van der Waals surface area contributed by atoms with Gasteiger partial charge in [-0.3, -0.25) is 4.79 Å². The van der Waals surface area contributed by atoms with Crippen LogP contribution >= 0.6 is 11.3 Å². The van der Waals surface area contributed by atoms with Gasteiger partial charge >= 0.3 is 0 Å². The summed E-state index contributed by atoms with van der Waals surface area (Å²) >= 11 is 1.64. The molecule has 0 saturated carbocycles. The first-order chi connectivity index (χ1) is 13.0. The first kappa shape index (κ1) is 17.1. The highest BCUT2D eigenvalue weighted by atomic mass is 32.1. The summed E-state index contributed by atoms with van der Waals surface area (Å²) in [6, 6.07) is 15.5. The van der Waals surface area contributed by atoms with Crippen molar-refractivity contribution in [1.29, 1.82) is 0 Å². The Labute approximate surface area is 160 Å². The standard InChI is InChI=1S/C21H18N4OS/c1-12(26)25-16-8-4-13(5-9-16)17-10-24-21(23)19-18(11-27-20(17)19)14-2-6-15(22)7-3-14/h2-11H,22H2,1H3,(H2,23,24)(H,25,26). The van der Waals surface area contributed by atoms with Gasteiger partial charge in [0, 0.05) is 45.7 Å². The number of rotatable bonds is 3. The van der Waals surface area contributed by atoms with E-state index >= 15 is 0 Å². The fourth-order valence-corrected chi connectivity index (χ4v) is 4.20. The van der Waals surface area contributed by atoms with Crippen molar-refractivity contribution in [2.75, 3.05) is 16.8 Å². The highest BCUT2D eigenvalue weighted by molar-refractivity contribution is 7.18. The molecule has 6 heteroatoms. The van der Waals surface area contributed by atoms with Crippen molar-refractivity contribution in [3.05, 3.63) is 60.1 Å². The Morgan fingerprint density at radius 2 is 1.59 bits per heavy atom. The van der Waals surface area contributed by atoms with Crippen molar-refractivity contribution in [2.45, 2.75) is 6.92 Å². The molecule has 0 fully saturated rings. The maximum absolute atomic E-state index is 11.2. The molecule has 0 unspecified atom stereocenters. The molecule has 0 aliphatic rings. The molecule has 4 aromatic rings. The second-order valence-corrected chi connectivity index (χ2v) is 7.17. The van der Waals surface area contributed by atoms with Crippen molar-refractivity contribution in [3.63, 3.8) is 0 Å². The molecule has 134 valence electrons. The van der Waals surface area contributed by atoms with Crippen molar-refractivity contribution in [2.24, 2.45) is 0 Å². The van der Waals surface area contributed by atoms with Gasteiger partial charge < -0.3 is 16.8 Å². The van der Waals surface area contributed by atoms with Gasteiger partial charge in [0.15, 0.2) is 0 Å². The number of thiophene rings is 1. The van der Waals surface area contributed by atoms with Crippen LogP contribution in [0.25, 0.3) is 32.3 Å². The van der Waals surface area contributed by atoms with Gasteiger partial charge in [-0.15, -0.1) is 11.3 Å². The number of benzene rings is 2. The molecule has 2 aromatic carbocycles. The number of anilines is 3. The summed E-state index contributed by atoms with van der Waals surface area (Å²) in [7, 11) is 0. The van der Waals surface area contributed by atoms with E-state index in [9.17, 15) is 4.79 Å². The Hall–Kier alpha value is -3.38. The molecule has 0 spiro atoms. The molecule has 0 aliphatic carbocycles. The van der Waals surface area contributed by atoms with Crippen LogP contribution in [0.1, 0.15) is 6.92 Å². The first-order valence-corrected chi connectivity index (χ1v) is 9.30. The van der Waals surface area contributed by atoms with Crippen LogP contribution in [-0.2, 0) is 4.79 Å². The van der Waals surface area contributed by atoms with Gasteiger partial charge in [0.25, 0.3) is 0 Å². The Morgan fingerprint density at radius 1 is 0.963 bits per heavy atom. The second kappa shape index (κ2) is 6.74. The van der Waals surface area contributed by atoms with Crippen LogP contribution in [0.15, 0.2) is 60.1 Å². The number of nitrogens with one attached hydrogen (secondary N) is 1. The van der Waals surface area contributed by atoms with Gasteiger partial charge in [0.05, 0.1) is 0 Å². The zero-order chi connectivity index (χ0) is 19.0. The summed E-state index contributed by atoms with van der Waals surface area (Å²) in [5, 5.41) is 5.83. The van der Waals surface area contributed by atoms with E-state index in [0.717, 1.165) is 43.7 Å². The minimum atomic E-state index is -0.0920. The van der Waals surface area contributed by atoms with Crippen molar-refractivity contribution >= 4 is 44.5 Å². The van der Waals surface area contributed by atoms with Gasteiger partial charge in [0.1, 0.15) is 5.82 Å². The molecule has 5 nitrogen and oxygen atoms in total. The average Bonchev–Trinajstić information content (AvgIpc) is 3.09. The zero-order valence-corrected chi connectivity index (χ0v) is 15.5. The summed E-state index contributed by atoms with van der Waals surface area (Å²) in [5.74, 6) is 0.419. The van der Waals surface area contributed by atoms with Crippen LogP contribution in [0.3, 0.4) is 0 Å². The van der Waals surface area contributed by atoms with Crippen LogP contribution in [0.5, 0.6) is 0 Å². The lowest BCUT2D eigenvalue weighted by atomic mass is 10.0. The maximum atomic E-state index is 11.2. The van der Waals surface area contributed by atoms with E-state index in [2.05, 4.69) is 15.7 Å². The first-order valence-electron chi connectivity index (χ1n) is 8.42. The summed E-state index contributed by atoms with van der Waals surface area (Å²) in [4.78, 5) is 15.6. The van der Waals surface area contributed by atoms with Gasteiger partial charge in [-0.25, -0.2) is 4.98 Å². The predicted octanol–water partition coefficient (Wildman–Crippen LogP) is 4.75. The lowest BCUT2D eigenvalue weighted by Crippen LogP contribution is -2.05. The molecule has 5 N–H and O–H groups in total. The minimum absolute atomic E-state index is 0.0920. The number of pyridine rings is 1. The van der Waals surface area contributed by atoms with Gasteiger partial charge in [0.2, 0.25) is 5.91 Å². The Balaban J connectivity index is 1.82. The predicted molar refractivity (Wildman–Crippen MR) is 114 cm³/mol. The number of hydrogen-bond acceptors (Lipinski definition) is 5. The van der Waals surface area contributed by atoms with E-state index in [0.29, 0.717) is 5.82 Å². The fourth-order valence-electron chi connectivity index (χ4n) is 3.08. The van der Waals surface area contributed by atoms with Gasteiger partial charge in [-0.05, 0) is 40.8 Å². The highest BCUT2D eigenvalue weighted by Gasteiger charge is 2.15. The van der Waals surface area contributed by atoms with Crippen LogP contribution in [0.2, 0.25) is 0 Å². The lowest BCUT2D eigenvalue weighted by Gasteiger charge is -2.08. The molecular weight excluding hydrogens is 356 g/mol. The summed E-state index contributed by atoms with van der Waals surface area (Å²) in [6.07, 6.45) is 1.80. The molecule has 2 heterocycles. The molecule has 27 heavy (non-hydrogen) atoms. The molecular formula is C21H18N4OS. The van der Waals surface area contributed by atoms with Crippen LogP contribution in [0, 0.1) is 0 Å². The third-order valence-corrected chi connectivity index (χ3v) is 5.38. The number of aromatic nitrogens is 1. The maximum Gasteiger partial charge on any atom is 0.221 e. The van der Waals surface area contributed by atoms with E-state index in [4.69, 9.17) is 11.5 Å². The smallest absolute Gasteiger partial charge is 0.221 e. The number of carbonyl (C=O) groups excluding carboxylic acids is 1. The zero-order valence-electron chi connectivity index (χ0n) is 14.7. The molecule has 2 aromatic heterocycles. The summed E-state index contributed by atoms with van der Waals surface area (Å²) in [5.41, 5.74) is 17.7. The third kappa shape index (κ3) is 3.22. The van der Waals surface area contributed by atoms with E-state index in [1.807, 2.05) is 48.5 Å². The van der Waals surface area contributed by atoms with Crippen LogP contribution in [-0.4, -0.2) is 10.9 Å². The monoisotopic (exact) mass is 374 g/mol. The summed E-state index contributed by atoms with van der Waals surface area (Å²) in [6.45, 7) is 1.49. The topological polar surface area (TPSA) is 94.0 Å². The quantitative estimate of drug-likeness (QED) is 0.451. The van der Waals surface area contributed by atoms with Crippen LogP contribution < -0.4 is 16.8 Å². The molecule has 0 radical (unpaired) electrons. The largest absolute Gasteiger partial charge is 0.399 e. The highest BCUT2D eigenvalue weighted by Crippen LogP contribution is 2.41. The Bertz CT molecular complexity index is 1130. The summed E-state index contributed by atoms with van der Waals surface area (Å²) < 4.78 is 1.08. The van der Waals surface area contributed by atoms with Crippen molar-refractivity contribution in [3.8, 4) is 22.3 Å². The van der Waals surface area contributed by atoms with Crippen molar-refractivity contribution < 1.29 is 4.79 Å². The average molecular weight is 374 g/mol. The number of nitrogens with zero attached hydrogens (tertiary/aromatic N) is 1. The van der Waals surface area contributed by atoms with E-state index in [1.165, 1.54) is 6.92 Å². The minimum Gasteiger partial charge on any atom is -0.399 e. The second-order valence-electron chi connectivity index (χ2n) is 6.29. The van der Waals surface area contributed by atoms with Crippen LogP contribution in [0.4, 0.5) is 17.2 Å². The SMILES string of the molecule is CC(=O)Nc1ccc(-c2cnc(N)c3c(-c4ccc(N)cc4)csc23)cc1. The van der Waals surface area contributed by atoms with E-state index < -0.39 is 0 Å². The third-order valence-electron chi connectivity index (χ3n) is 4.36. The van der Waals surface area contributed by atoms with E-state index in [1.54, 1.807) is 17.5 Å². The molecule has 0 saturated heterocycles. The normalized spacial score (nSPS) is 10.9. The fraction of sp³-hybridized carbons (Fsp3) is 0.0476. The molecule has 0 aliphatic heterocycles. The number of nitrogens with two attached hydrogens (primary N) is 2. The molecule has 1 amide bonds. The number of carbonyl (C=O) groups is 1. The van der Waals surface area contributed by atoms with Gasteiger partial charge in [-0.2, -0.15) is 0 Å². The molecule has 4 rings (SSSR count).